The SMILES string of the molecule is CC.CCC.c1ccc2c(c1)oc1ccccc12. The Hall–Kier alpha value is -1.76. The zero-order valence-electron chi connectivity index (χ0n) is 11.7. The summed E-state index contributed by atoms with van der Waals surface area (Å²) in [6.07, 6.45) is 1.25. The van der Waals surface area contributed by atoms with E-state index in [4.69, 9.17) is 4.42 Å². The van der Waals surface area contributed by atoms with E-state index in [-0.39, 0.29) is 0 Å². The van der Waals surface area contributed by atoms with Crippen molar-refractivity contribution >= 4 is 21.9 Å². The van der Waals surface area contributed by atoms with Gasteiger partial charge in [-0.25, -0.2) is 0 Å². The average molecular weight is 242 g/mol. The van der Waals surface area contributed by atoms with Crippen LogP contribution in [0.4, 0.5) is 0 Å². The first-order valence-electron chi connectivity index (χ1n) is 6.73. The molecular formula is C17H22O. The molecule has 0 N–H and O–H groups in total. The van der Waals surface area contributed by atoms with Crippen molar-refractivity contribution in [2.45, 2.75) is 34.1 Å². The summed E-state index contributed by atoms with van der Waals surface area (Å²) in [7, 11) is 0. The molecule has 0 aliphatic heterocycles. The second-order valence-corrected chi connectivity index (χ2v) is 3.80. The van der Waals surface area contributed by atoms with Gasteiger partial charge in [-0.2, -0.15) is 0 Å². The third-order valence-electron chi connectivity index (χ3n) is 2.28. The molecule has 0 unspecified atom stereocenters. The van der Waals surface area contributed by atoms with Gasteiger partial charge in [0.2, 0.25) is 0 Å². The number of furan rings is 1. The molecular weight excluding hydrogens is 220 g/mol. The maximum absolute atomic E-state index is 5.65. The minimum Gasteiger partial charge on any atom is -0.456 e. The van der Waals surface area contributed by atoms with Crippen LogP contribution in [0.5, 0.6) is 0 Å². The topological polar surface area (TPSA) is 13.1 Å². The van der Waals surface area contributed by atoms with E-state index in [0.29, 0.717) is 0 Å². The highest BCUT2D eigenvalue weighted by Crippen LogP contribution is 2.27. The molecule has 18 heavy (non-hydrogen) atoms. The van der Waals surface area contributed by atoms with Crippen LogP contribution in [-0.4, -0.2) is 0 Å². The van der Waals surface area contributed by atoms with Gasteiger partial charge in [-0.1, -0.05) is 70.5 Å². The van der Waals surface area contributed by atoms with Gasteiger partial charge in [-0.3, -0.25) is 0 Å². The van der Waals surface area contributed by atoms with Crippen LogP contribution in [0.25, 0.3) is 21.9 Å². The van der Waals surface area contributed by atoms with Crippen molar-refractivity contribution in [2.24, 2.45) is 0 Å². The molecule has 0 atom stereocenters. The van der Waals surface area contributed by atoms with Crippen LogP contribution in [0.1, 0.15) is 34.1 Å². The molecule has 1 nitrogen and oxygen atoms in total. The fraction of sp³-hybridized carbons (Fsp3) is 0.294. The van der Waals surface area contributed by atoms with E-state index in [1.807, 2.05) is 50.2 Å². The van der Waals surface area contributed by atoms with E-state index < -0.39 is 0 Å². The minimum atomic E-state index is 0.962. The molecule has 0 spiro atoms. The van der Waals surface area contributed by atoms with Crippen molar-refractivity contribution in [3.8, 4) is 0 Å². The largest absolute Gasteiger partial charge is 0.456 e. The fourth-order valence-electron chi connectivity index (χ4n) is 1.67. The normalized spacial score (nSPS) is 9.33. The predicted octanol–water partition coefficient (Wildman–Crippen LogP) is 6.03. The zero-order valence-corrected chi connectivity index (χ0v) is 11.7. The zero-order chi connectivity index (χ0) is 13.4. The molecule has 3 rings (SSSR count). The van der Waals surface area contributed by atoms with E-state index in [1.165, 1.54) is 17.2 Å². The minimum absolute atomic E-state index is 0.962. The van der Waals surface area contributed by atoms with Crippen LogP contribution in [0, 0.1) is 0 Å². The number of para-hydroxylation sites is 2. The van der Waals surface area contributed by atoms with Gasteiger partial charge in [-0.15, -0.1) is 0 Å². The highest BCUT2D eigenvalue weighted by atomic mass is 16.3. The lowest BCUT2D eigenvalue weighted by Gasteiger charge is -1.85. The summed E-state index contributed by atoms with van der Waals surface area (Å²) in [5, 5.41) is 2.39. The van der Waals surface area contributed by atoms with E-state index in [1.54, 1.807) is 0 Å². The number of benzene rings is 2. The summed E-state index contributed by atoms with van der Waals surface area (Å²) in [6, 6.07) is 16.2. The number of hydrogen-bond donors (Lipinski definition) is 0. The van der Waals surface area contributed by atoms with E-state index >= 15 is 0 Å². The average Bonchev–Trinajstić information content (AvgIpc) is 2.80. The van der Waals surface area contributed by atoms with Gasteiger partial charge in [0, 0.05) is 10.8 Å². The molecule has 3 aromatic rings. The molecule has 0 aliphatic carbocycles. The molecule has 0 saturated carbocycles. The molecule has 0 amide bonds. The van der Waals surface area contributed by atoms with Crippen LogP contribution in [0.2, 0.25) is 0 Å². The summed E-state index contributed by atoms with van der Waals surface area (Å²) in [4.78, 5) is 0. The molecule has 0 fully saturated rings. The number of hydrogen-bond acceptors (Lipinski definition) is 1. The van der Waals surface area contributed by atoms with Gasteiger partial charge >= 0.3 is 0 Å². The molecule has 2 aromatic carbocycles. The molecule has 1 aromatic heterocycles. The molecule has 0 aliphatic rings. The third-order valence-corrected chi connectivity index (χ3v) is 2.28. The quantitative estimate of drug-likeness (QED) is 0.469. The molecule has 0 bridgehead atoms. The van der Waals surface area contributed by atoms with Gasteiger partial charge in [0.15, 0.2) is 0 Å². The smallest absolute Gasteiger partial charge is 0.135 e. The van der Waals surface area contributed by atoms with E-state index in [2.05, 4.69) is 26.0 Å². The molecule has 96 valence electrons. The standard InChI is InChI=1S/C12H8O.C3H8.C2H6/c1-3-7-11-9(5-1)10-6-2-4-8-12(10)13-11;1-3-2;1-2/h1-8H;3H2,1-2H3;1-2H3. The van der Waals surface area contributed by atoms with Crippen molar-refractivity contribution in [2.75, 3.05) is 0 Å². The van der Waals surface area contributed by atoms with E-state index in [0.717, 1.165) is 11.2 Å². The van der Waals surface area contributed by atoms with Crippen LogP contribution in [-0.2, 0) is 0 Å². The van der Waals surface area contributed by atoms with Crippen molar-refractivity contribution in [1.29, 1.82) is 0 Å². The summed E-state index contributed by atoms with van der Waals surface area (Å²) in [5.74, 6) is 0. The Labute approximate surface area is 109 Å². The second-order valence-electron chi connectivity index (χ2n) is 3.80. The van der Waals surface area contributed by atoms with Crippen molar-refractivity contribution in [3.05, 3.63) is 48.5 Å². The maximum Gasteiger partial charge on any atom is 0.135 e. The highest BCUT2D eigenvalue weighted by molar-refractivity contribution is 6.04. The Bertz CT molecular complexity index is 528. The molecule has 0 saturated heterocycles. The van der Waals surface area contributed by atoms with Crippen molar-refractivity contribution < 1.29 is 4.42 Å². The first-order valence-corrected chi connectivity index (χ1v) is 6.73. The van der Waals surface area contributed by atoms with E-state index in [9.17, 15) is 0 Å². The second kappa shape index (κ2) is 7.54. The molecule has 1 heteroatoms. The Balaban J connectivity index is 0.000000288. The summed E-state index contributed by atoms with van der Waals surface area (Å²) < 4.78 is 5.65. The first-order chi connectivity index (χ1) is 8.86. The lowest BCUT2D eigenvalue weighted by molar-refractivity contribution is 0.669. The van der Waals surface area contributed by atoms with Crippen LogP contribution in [0.15, 0.2) is 52.9 Å². The summed E-state index contributed by atoms with van der Waals surface area (Å²) >= 11 is 0. The van der Waals surface area contributed by atoms with Crippen LogP contribution < -0.4 is 0 Å². The summed E-state index contributed by atoms with van der Waals surface area (Å²) in [5.41, 5.74) is 1.92. The van der Waals surface area contributed by atoms with Gasteiger partial charge in [0.1, 0.15) is 11.2 Å². The fourth-order valence-corrected chi connectivity index (χ4v) is 1.67. The molecule has 0 radical (unpaired) electrons. The third kappa shape index (κ3) is 3.13. The first kappa shape index (κ1) is 14.3. The van der Waals surface area contributed by atoms with Gasteiger partial charge in [0.25, 0.3) is 0 Å². The highest BCUT2D eigenvalue weighted by Gasteiger charge is 2.03. The van der Waals surface area contributed by atoms with Gasteiger partial charge in [-0.05, 0) is 12.1 Å². The van der Waals surface area contributed by atoms with Gasteiger partial charge in [0.05, 0.1) is 0 Å². The number of rotatable bonds is 0. The van der Waals surface area contributed by atoms with Crippen LogP contribution in [0.3, 0.4) is 0 Å². The monoisotopic (exact) mass is 242 g/mol. The van der Waals surface area contributed by atoms with Crippen molar-refractivity contribution in [3.63, 3.8) is 0 Å². The Morgan fingerprint density at radius 1 is 0.722 bits per heavy atom. The molecule has 1 heterocycles. The lowest BCUT2D eigenvalue weighted by Crippen LogP contribution is -1.62. The van der Waals surface area contributed by atoms with Crippen molar-refractivity contribution in [1.82, 2.24) is 0 Å². The summed E-state index contributed by atoms with van der Waals surface area (Å²) in [6.45, 7) is 8.25. The Kier molecular flexibility index (Phi) is 5.99. The van der Waals surface area contributed by atoms with Gasteiger partial charge < -0.3 is 4.42 Å². The lowest BCUT2D eigenvalue weighted by atomic mass is 10.2. The Morgan fingerprint density at radius 3 is 1.44 bits per heavy atom. The predicted molar refractivity (Wildman–Crippen MR) is 81.0 cm³/mol. The van der Waals surface area contributed by atoms with Crippen LogP contribution >= 0.6 is 0 Å². The Morgan fingerprint density at radius 2 is 1.06 bits per heavy atom. The maximum atomic E-state index is 5.65. The number of fused-ring (bicyclic) bond motifs is 3.